The Labute approximate surface area is 176 Å². The molecule has 2 heterocycles. The molecule has 1 aromatic heterocycles. The summed E-state index contributed by atoms with van der Waals surface area (Å²) in [6.07, 6.45) is 7.05. The van der Waals surface area contributed by atoms with Gasteiger partial charge in [0.1, 0.15) is 0 Å². The molecular weight excluding hydrogens is 374 g/mol. The van der Waals surface area contributed by atoms with Crippen molar-refractivity contribution in [3.63, 3.8) is 0 Å². The van der Waals surface area contributed by atoms with Gasteiger partial charge in [-0.05, 0) is 73.9 Å². The maximum absolute atomic E-state index is 12.5. The van der Waals surface area contributed by atoms with Crippen LogP contribution in [0.25, 0.3) is 0 Å². The van der Waals surface area contributed by atoms with Crippen molar-refractivity contribution in [3.8, 4) is 6.07 Å². The third-order valence-corrected chi connectivity index (χ3v) is 5.15. The molecule has 2 aromatic carbocycles. The summed E-state index contributed by atoms with van der Waals surface area (Å²) < 4.78 is 0. The minimum atomic E-state index is -0.253. The number of benzene rings is 2. The number of nitrogens with zero attached hydrogens (tertiary/aromatic N) is 3. The molecule has 0 radical (unpaired) electrons. The lowest BCUT2D eigenvalue weighted by Crippen LogP contribution is -2.29. The number of pyridine rings is 1. The quantitative estimate of drug-likeness (QED) is 0.637. The van der Waals surface area contributed by atoms with Gasteiger partial charge < -0.3 is 15.5 Å². The first-order chi connectivity index (χ1) is 14.7. The van der Waals surface area contributed by atoms with E-state index in [2.05, 4.69) is 38.7 Å². The number of nitriles is 1. The molecule has 1 fully saturated rings. The highest BCUT2D eigenvalue weighted by atomic mass is 16.1. The largest absolute Gasteiger partial charge is 0.372 e. The van der Waals surface area contributed by atoms with Crippen molar-refractivity contribution in [2.75, 3.05) is 28.6 Å². The Balaban J connectivity index is 1.41. The molecule has 1 saturated heterocycles. The third-order valence-electron chi connectivity index (χ3n) is 5.15. The van der Waals surface area contributed by atoms with Crippen molar-refractivity contribution in [3.05, 3.63) is 78.1 Å². The van der Waals surface area contributed by atoms with E-state index in [9.17, 15) is 4.79 Å². The summed E-state index contributed by atoms with van der Waals surface area (Å²) in [6, 6.07) is 18.9. The first-order valence-corrected chi connectivity index (χ1v) is 10.1. The molecule has 0 aliphatic carbocycles. The molecule has 4 rings (SSSR count). The van der Waals surface area contributed by atoms with E-state index < -0.39 is 0 Å². The zero-order valence-electron chi connectivity index (χ0n) is 16.6. The van der Waals surface area contributed by atoms with E-state index in [1.807, 2.05) is 12.1 Å². The second-order valence-corrected chi connectivity index (χ2v) is 7.33. The van der Waals surface area contributed by atoms with Crippen molar-refractivity contribution < 1.29 is 4.79 Å². The first-order valence-electron chi connectivity index (χ1n) is 10.1. The number of piperidine rings is 1. The fourth-order valence-corrected chi connectivity index (χ4v) is 3.54. The Bertz CT molecular complexity index is 1050. The number of hydrogen-bond donors (Lipinski definition) is 2. The zero-order chi connectivity index (χ0) is 20.8. The van der Waals surface area contributed by atoms with Gasteiger partial charge in [-0.25, -0.2) is 0 Å². The summed E-state index contributed by atoms with van der Waals surface area (Å²) in [4.78, 5) is 19.2. The molecule has 3 aromatic rings. The van der Waals surface area contributed by atoms with E-state index in [0.717, 1.165) is 24.5 Å². The van der Waals surface area contributed by atoms with Crippen LogP contribution in [-0.4, -0.2) is 24.0 Å². The third kappa shape index (κ3) is 4.76. The van der Waals surface area contributed by atoms with E-state index in [1.54, 1.807) is 36.5 Å². The number of anilines is 4. The van der Waals surface area contributed by atoms with E-state index in [-0.39, 0.29) is 5.91 Å². The van der Waals surface area contributed by atoms with Crippen LogP contribution >= 0.6 is 0 Å². The number of hydrogen-bond acceptors (Lipinski definition) is 5. The standard InChI is InChI=1S/C24H23N5O/c25-15-18-4-6-21(7-5-18)28-24(30)19-14-22(17-26-16-19)27-20-8-10-23(11-9-20)29-12-2-1-3-13-29/h4-11,14,16-17,27H,1-3,12-13H2,(H,28,30). The molecule has 0 bridgehead atoms. The van der Waals surface area contributed by atoms with Crippen LogP contribution in [0.4, 0.5) is 22.7 Å². The molecule has 1 amide bonds. The van der Waals surface area contributed by atoms with E-state index in [1.165, 1.54) is 31.1 Å². The van der Waals surface area contributed by atoms with Gasteiger partial charge in [0.15, 0.2) is 0 Å². The summed E-state index contributed by atoms with van der Waals surface area (Å²) in [7, 11) is 0. The summed E-state index contributed by atoms with van der Waals surface area (Å²) >= 11 is 0. The molecule has 0 unspecified atom stereocenters. The molecule has 2 N–H and O–H groups in total. The van der Waals surface area contributed by atoms with E-state index >= 15 is 0 Å². The molecule has 1 aliphatic rings. The summed E-state index contributed by atoms with van der Waals surface area (Å²) in [5, 5.41) is 15.0. The number of carbonyl (C=O) groups excluding carboxylic acids is 1. The normalized spacial score (nSPS) is 13.4. The van der Waals surface area contributed by atoms with Gasteiger partial charge in [-0.3, -0.25) is 9.78 Å². The van der Waals surface area contributed by atoms with Crippen LogP contribution in [-0.2, 0) is 0 Å². The lowest BCUT2D eigenvalue weighted by Gasteiger charge is -2.28. The number of aromatic nitrogens is 1. The number of carbonyl (C=O) groups is 1. The molecule has 6 nitrogen and oxygen atoms in total. The molecule has 0 saturated carbocycles. The Morgan fingerprint density at radius 3 is 2.30 bits per heavy atom. The highest BCUT2D eigenvalue weighted by Gasteiger charge is 2.11. The van der Waals surface area contributed by atoms with Crippen LogP contribution in [0.2, 0.25) is 0 Å². The van der Waals surface area contributed by atoms with Gasteiger partial charge >= 0.3 is 0 Å². The lowest BCUT2D eigenvalue weighted by atomic mass is 10.1. The average molecular weight is 397 g/mol. The van der Waals surface area contributed by atoms with Crippen LogP contribution < -0.4 is 15.5 Å². The molecule has 0 spiro atoms. The Morgan fingerprint density at radius 2 is 1.60 bits per heavy atom. The van der Waals surface area contributed by atoms with Gasteiger partial charge in [0.05, 0.1) is 29.1 Å². The minimum absolute atomic E-state index is 0.253. The first kappa shape index (κ1) is 19.5. The predicted octanol–water partition coefficient (Wildman–Crippen LogP) is 4.94. The molecule has 0 atom stereocenters. The Hall–Kier alpha value is -3.85. The fourth-order valence-electron chi connectivity index (χ4n) is 3.54. The Morgan fingerprint density at radius 1 is 0.900 bits per heavy atom. The molecule has 6 heteroatoms. The Kier molecular flexibility index (Phi) is 5.90. The topological polar surface area (TPSA) is 81.0 Å². The van der Waals surface area contributed by atoms with Gasteiger partial charge in [-0.15, -0.1) is 0 Å². The zero-order valence-corrected chi connectivity index (χ0v) is 16.6. The van der Waals surface area contributed by atoms with Crippen LogP contribution in [0.3, 0.4) is 0 Å². The van der Waals surface area contributed by atoms with E-state index in [0.29, 0.717) is 16.8 Å². The highest BCUT2D eigenvalue weighted by Crippen LogP contribution is 2.24. The minimum Gasteiger partial charge on any atom is -0.372 e. The number of amides is 1. The van der Waals surface area contributed by atoms with Crippen LogP contribution in [0, 0.1) is 11.3 Å². The van der Waals surface area contributed by atoms with Gasteiger partial charge in [0.25, 0.3) is 5.91 Å². The fraction of sp³-hybridized carbons (Fsp3) is 0.208. The van der Waals surface area contributed by atoms with Crippen LogP contribution in [0.1, 0.15) is 35.2 Å². The van der Waals surface area contributed by atoms with Crippen molar-refractivity contribution in [1.82, 2.24) is 4.98 Å². The van der Waals surface area contributed by atoms with Crippen molar-refractivity contribution in [2.24, 2.45) is 0 Å². The van der Waals surface area contributed by atoms with Gasteiger partial charge in [0.2, 0.25) is 0 Å². The number of nitrogens with one attached hydrogen (secondary N) is 2. The maximum atomic E-state index is 12.5. The average Bonchev–Trinajstić information content (AvgIpc) is 2.81. The molecule has 1 aliphatic heterocycles. The molecule has 30 heavy (non-hydrogen) atoms. The van der Waals surface area contributed by atoms with Crippen molar-refractivity contribution in [2.45, 2.75) is 19.3 Å². The molecule has 150 valence electrons. The van der Waals surface area contributed by atoms with Gasteiger partial charge in [-0.2, -0.15) is 5.26 Å². The lowest BCUT2D eigenvalue weighted by molar-refractivity contribution is 0.102. The smallest absolute Gasteiger partial charge is 0.257 e. The second kappa shape index (κ2) is 9.10. The van der Waals surface area contributed by atoms with Gasteiger partial charge in [0, 0.05) is 36.3 Å². The SMILES string of the molecule is N#Cc1ccc(NC(=O)c2cncc(Nc3ccc(N4CCCCC4)cc3)c2)cc1. The summed E-state index contributed by atoms with van der Waals surface area (Å²) in [5.41, 5.74) is 4.57. The molecular formula is C24H23N5O. The monoisotopic (exact) mass is 397 g/mol. The van der Waals surface area contributed by atoms with Crippen LogP contribution in [0.5, 0.6) is 0 Å². The van der Waals surface area contributed by atoms with Crippen LogP contribution in [0.15, 0.2) is 67.0 Å². The van der Waals surface area contributed by atoms with Gasteiger partial charge in [-0.1, -0.05) is 0 Å². The summed E-state index contributed by atoms with van der Waals surface area (Å²) in [5.74, 6) is -0.253. The predicted molar refractivity (Wildman–Crippen MR) is 119 cm³/mol. The second-order valence-electron chi connectivity index (χ2n) is 7.33. The highest BCUT2D eigenvalue weighted by molar-refractivity contribution is 6.04. The summed E-state index contributed by atoms with van der Waals surface area (Å²) in [6.45, 7) is 2.24. The van der Waals surface area contributed by atoms with Crippen molar-refractivity contribution in [1.29, 1.82) is 5.26 Å². The van der Waals surface area contributed by atoms with E-state index in [4.69, 9.17) is 5.26 Å². The maximum Gasteiger partial charge on any atom is 0.257 e. The number of rotatable bonds is 5. The van der Waals surface area contributed by atoms with Crippen molar-refractivity contribution >= 4 is 28.7 Å².